The van der Waals surface area contributed by atoms with E-state index in [1.807, 2.05) is 0 Å². The van der Waals surface area contributed by atoms with Crippen molar-refractivity contribution in [3.63, 3.8) is 0 Å². The number of para-hydroxylation sites is 1. The minimum Gasteiger partial charge on any atom is -0.347 e. The fraction of sp³-hybridized carbons (Fsp3) is 0.125. The molecule has 0 radical (unpaired) electrons. The molecule has 0 bridgehead atoms. The fourth-order valence-corrected chi connectivity index (χ4v) is 2.35. The van der Waals surface area contributed by atoms with Gasteiger partial charge < -0.3 is 10.6 Å². The number of carbonyl (C=O) groups excluding carboxylic acids is 2. The lowest BCUT2D eigenvalue weighted by Gasteiger charge is -2.10. The van der Waals surface area contributed by atoms with E-state index in [1.54, 1.807) is 24.3 Å². The highest BCUT2D eigenvalue weighted by Gasteiger charge is 2.12. The molecule has 0 aliphatic heterocycles. The molecule has 4 nitrogen and oxygen atoms in total. The van der Waals surface area contributed by atoms with Crippen LogP contribution in [0.15, 0.2) is 42.5 Å². The predicted octanol–water partition coefficient (Wildman–Crippen LogP) is 3.43. The van der Waals surface area contributed by atoms with Gasteiger partial charge >= 0.3 is 0 Å². The topological polar surface area (TPSA) is 58.2 Å². The summed E-state index contributed by atoms with van der Waals surface area (Å²) >= 11 is 11.9. The maximum Gasteiger partial charge on any atom is 0.243 e. The van der Waals surface area contributed by atoms with E-state index < -0.39 is 17.6 Å². The number of hydrogen-bond donors (Lipinski definition) is 2. The Bertz CT molecular complexity index is 718. The highest BCUT2D eigenvalue weighted by atomic mass is 35.5. The molecule has 0 spiro atoms. The Morgan fingerprint density at radius 2 is 1.61 bits per heavy atom. The lowest BCUT2D eigenvalue weighted by Crippen LogP contribution is -2.34. The van der Waals surface area contributed by atoms with Crippen LogP contribution in [0.25, 0.3) is 0 Å². The third kappa shape index (κ3) is 4.94. The van der Waals surface area contributed by atoms with Gasteiger partial charge in [-0.05, 0) is 23.8 Å². The Hall–Kier alpha value is -2.11. The second-order valence-corrected chi connectivity index (χ2v) is 5.50. The van der Waals surface area contributed by atoms with Gasteiger partial charge in [-0.15, -0.1) is 0 Å². The second kappa shape index (κ2) is 7.94. The number of amides is 2. The van der Waals surface area contributed by atoms with E-state index in [2.05, 4.69) is 10.6 Å². The van der Waals surface area contributed by atoms with Crippen LogP contribution < -0.4 is 10.6 Å². The molecule has 0 fully saturated rings. The van der Waals surface area contributed by atoms with Gasteiger partial charge in [0.25, 0.3) is 0 Å². The Morgan fingerprint density at radius 1 is 0.957 bits per heavy atom. The van der Waals surface area contributed by atoms with E-state index in [1.165, 1.54) is 18.2 Å². The molecule has 0 saturated carbocycles. The van der Waals surface area contributed by atoms with Gasteiger partial charge in [0.05, 0.1) is 28.7 Å². The summed E-state index contributed by atoms with van der Waals surface area (Å²) in [5.41, 5.74) is 0.545. The summed E-state index contributed by atoms with van der Waals surface area (Å²) in [4.78, 5) is 23.6. The molecule has 0 atom stereocenters. The summed E-state index contributed by atoms with van der Waals surface area (Å²) in [5, 5.41) is 5.52. The van der Waals surface area contributed by atoms with Crippen molar-refractivity contribution in [1.82, 2.24) is 5.32 Å². The highest BCUT2D eigenvalue weighted by Crippen LogP contribution is 2.29. The minimum absolute atomic E-state index is 0.146. The summed E-state index contributed by atoms with van der Waals surface area (Å²) < 4.78 is 13.4. The predicted molar refractivity (Wildman–Crippen MR) is 88.2 cm³/mol. The van der Waals surface area contributed by atoms with Crippen LogP contribution in [0.4, 0.5) is 10.1 Å². The van der Waals surface area contributed by atoms with Gasteiger partial charge in [-0.1, -0.05) is 47.5 Å². The van der Waals surface area contributed by atoms with Crippen LogP contribution in [-0.2, 0) is 16.0 Å². The van der Waals surface area contributed by atoms with E-state index in [9.17, 15) is 14.0 Å². The third-order valence-electron chi connectivity index (χ3n) is 2.98. The lowest BCUT2D eigenvalue weighted by atomic mass is 10.1. The Morgan fingerprint density at radius 3 is 2.26 bits per heavy atom. The molecule has 2 aromatic rings. The van der Waals surface area contributed by atoms with Gasteiger partial charge in [-0.3, -0.25) is 9.59 Å². The van der Waals surface area contributed by atoms with Gasteiger partial charge in [0.2, 0.25) is 11.8 Å². The van der Waals surface area contributed by atoms with Crippen molar-refractivity contribution in [3.05, 3.63) is 63.9 Å². The molecule has 2 amide bonds. The van der Waals surface area contributed by atoms with E-state index >= 15 is 0 Å². The van der Waals surface area contributed by atoms with E-state index in [-0.39, 0.29) is 24.2 Å². The largest absolute Gasteiger partial charge is 0.347 e. The molecule has 2 aromatic carbocycles. The lowest BCUT2D eigenvalue weighted by molar-refractivity contribution is -0.123. The third-order valence-corrected chi connectivity index (χ3v) is 3.61. The smallest absolute Gasteiger partial charge is 0.243 e. The van der Waals surface area contributed by atoms with Crippen LogP contribution in [0.1, 0.15) is 5.56 Å². The first-order valence-corrected chi connectivity index (χ1v) is 7.47. The average Bonchev–Trinajstić information content (AvgIpc) is 2.51. The van der Waals surface area contributed by atoms with Crippen molar-refractivity contribution in [1.29, 1.82) is 0 Å². The monoisotopic (exact) mass is 354 g/mol. The summed E-state index contributed by atoms with van der Waals surface area (Å²) in [6.45, 7) is -0.269. The molecular formula is C16H13Cl2FN2O2. The SMILES string of the molecule is O=C(Cc1ccccc1F)NCC(=O)Nc1c(Cl)cccc1Cl. The molecule has 0 unspecified atom stereocenters. The number of hydrogen-bond acceptors (Lipinski definition) is 2. The molecular weight excluding hydrogens is 342 g/mol. The van der Waals surface area contributed by atoms with Crippen molar-refractivity contribution in [2.45, 2.75) is 6.42 Å². The van der Waals surface area contributed by atoms with Crippen LogP contribution >= 0.6 is 23.2 Å². The first-order chi connectivity index (χ1) is 11.0. The van der Waals surface area contributed by atoms with Crippen LogP contribution in [0.2, 0.25) is 10.0 Å². The summed E-state index contributed by atoms with van der Waals surface area (Å²) in [7, 11) is 0. The van der Waals surface area contributed by atoms with Crippen molar-refractivity contribution in [3.8, 4) is 0 Å². The molecule has 0 heterocycles. The number of nitrogens with one attached hydrogen (secondary N) is 2. The number of anilines is 1. The van der Waals surface area contributed by atoms with Gasteiger partial charge in [-0.2, -0.15) is 0 Å². The first kappa shape index (κ1) is 17.2. The van der Waals surface area contributed by atoms with Gasteiger partial charge in [0.1, 0.15) is 5.82 Å². The van der Waals surface area contributed by atoms with Crippen LogP contribution in [0, 0.1) is 5.82 Å². The van der Waals surface area contributed by atoms with Gasteiger partial charge in [0.15, 0.2) is 0 Å². The molecule has 0 aliphatic carbocycles. The number of benzene rings is 2. The first-order valence-electron chi connectivity index (χ1n) is 6.71. The van der Waals surface area contributed by atoms with Crippen molar-refractivity contribution < 1.29 is 14.0 Å². The molecule has 120 valence electrons. The molecule has 0 aliphatic rings. The van der Waals surface area contributed by atoms with Crippen molar-refractivity contribution >= 4 is 40.7 Å². The zero-order valence-corrected chi connectivity index (χ0v) is 13.4. The Balaban J connectivity index is 1.87. The minimum atomic E-state index is -0.484. The zero-order valence-electron chi connectivity index (χ0n) is 11.9. The van der Waals surface area contributed by atoms with Crippen LogP contribution in [0.3, 0.4) is 0 Å². The second-order valence-electron chi connectivity index (χ2n) is 4.69. The normalized spacial score (nSPS) is 10.2. The summed E-state index contributed by atoms with van der Waals surface area (Å²) in [6.07, 6.45) is -0.146. The van der Waals surface area contributed by atoms with Crippen LogP contribution in [-0.4, -0.2) is 18.4 Å². The van der Waals surface area contributed by atoms with Gasteiger partial charge in [0, 0.05) is 0 Å². The van der Waals surface area contributed by atoms with E-state index in [0.29, 0.717) is 10.0 Å². The zero-order chi connectivity index (χ0) is 16.8. The van der Waals surface area contributed by atoms with E-state index in [4.69, 9.17) is 23.2 Å². The Labute approximate surface area is 142 Å². The van der Waals surface area contributed by atoms with Crippen molar-refractivity contribution in [2.75, 3.05) is 11.9 Å². The summed E-state index contributed by atoms with van der Waals surface area (Å²) in [5.74, 6) is -1.41. The Kier molecular flexibility index (Phi) is 5.96. The molecule has 2 rings (SSSR count). The number of carbonyl (C=O) groups is 2. The average molecular weight is 355 g/mol. The van der Waals surface area contributed by atoms with Crippen molar-refractivity contribution in [2.24, 2.45) is 0 Å². The van der Waals surface area contributed by atoms with E-state index in [0.717, 1.165) is 0 Å². The van der Waals surface area contributed by atoms with Gasteiger partial charge in [-0.25, -0.2) is 4.39 Å². The molecule has 7 heteroatoms. The quantitative estimate of drug-likeness (QED) is 0.863. The molecule has 0 aromatic heterocycles. The number of halogens is 3. The number of rotatable bonds is 5. The fourth-order valence-electron chi connectivity index (χ4n) is 1.86. The molecule has 2 N–H and O–H groups in total. The molecule has 23 heavy (non-hydrogen) atoms. The molecule has 0 saturated heterocycles. The maximum absolute atomic E-state index is 13.4. The van der Waals surface area contributed by atoms with Crippen LogP contribution in [0.5, 0.6) is 0 Å². The maximum atomic E-state index is 13.4. The summed E-state index contributed by atoms with van der Waals surface area (Å²) in [6, 6.07) is 10.8. The standard InChI is InChI=1S/C16H13Cl2FN2O2/c17-11-5-3-6-12(18)16(11)21-15(23)9-20-14(22)8-10-4-1-2-7-13(10)19/h1-7H,8-9H2,(H,20,22)(H,21,23). The highest BCUT2D eigenvalue weighted by molar-refractivity contribution is 6.39.